The van der Waals surface area contributed by atoms with E-state index in [9.17, 15) is 4.79 Å². The van der Waals surface area contributed by atoms with E-state index >= 15 is 0 Å². The zero-order chi connectivity index (χ0) is 15.0. The second-order valence-electron chi connectivity index (χ2n) is 4.76. The Balaban J connectivity index is 2.05. The smallest absolute Gasteiger partial charge is 0.194 e. The zero-order valence-corrected chi connectivity index (χ0v) is 12.8. The van der Waals surface area contributed by atoms with Gasteiger partial charge in [0.05, 0.1) is 5.02 Å². The minimum Gasteiger partial charge on any atom is -0.486 e. The van der Waals surface area contributed by atoms with Gasteiger partial charge < -0.3 is 9.47 Å². The summed E-state index contributed by atoms with van der Waals surface area (Å²) in [4.78, 5) is 12.7. The van der Waals surface area contributed by atoms with Gasteiger partial charge in [-0.1, -0.05) is 23.2 Å². The van der Waals surface area contributed by atoms with E-state index in [-0.39, 0.29) is 5.78 Å². The molecule has 0 aromatic heterocycles. The number of aryl methyl sites for hydroxylation is 1. The molecule has 1 heterocycles. The number of hydrogen-bond acceptors (Lipinski definition) is 3. The molecule has 0 unspecified atom stereocenters. The first-order valence-electron chi connectivity index (χ1n) is 6.46. The highest BCUT2D eigenvalue weighted by Crippen LogP contribution is 2.36. The molecular weight excluding hydrogens is 311 g/mol. The summed E-state index contributed by atoms with van der Waals surface area (Å²) in [5.41, 5.74) is 1.77. The molecule has 0 spiro atoms. The Morgan fingerprint density at radius 1 is 1.00 bits per heavy atom. The molecule has 0 amide bonds. The Morgan fingerprint density at radius 3 is 2.33 bits per heavy atom. The minimum absolute atomic E-state index is 0.161. The lowest BCUT2D eigenvalue weighted by molar-refractivity contribution is 0.103. The Labute approximate surface area is 132 Å². The predicted octanol–water partition coefficient (Wildman–Crippen LogP) is 4.30. The van der Waals surface area contributed by atoms with E-state index in [1.165, 1.54) is 0 Å². The fourth-order valence-electron chi connectivity index (χ4n) is 2.26. The lowest BCUT2D eigenvalue weighted by atomic mass is 9.98. The van der Waals surface area contributed by atoms with E-state index in [0.717, 1.165) is 5.56 Å². The molecule has 0 fully saturated rings. The first-order chi connectivity index (χ1) is 10.1. The highest BCUT2D eigenvalue weighted by Gasteiger charge is 2.21. The maximum Gasteiger partial charge on any atom is 0.194 e. The molecule has 1 aliphatic heterocycles. The molecule has 2 aromatic rings. The first kappa shape index (κ1) is 14.2. The van der Waals surface area contributed by atoms with Crippen molar-refractivity contribution in [3.8, 4) is 11.5 Å². The van der Waals surface area contributed by atoms with Crippen molar-refractivity contribution in [3.05, 3.63) is 57.1 Å². The van der Waals surface area contributed by atoms with E-state index < -0.39 is 0 Å². The second-order valence-corrected chi connectivity index (χ2v) is 5.61. The highest BCUT2D eigenvalue weighted by molar-refractivity contribution is 6.35. The van der Waals surface area contributed by atoms with Crippen molar-refractivity contribution >= 4 is 29.0 Å². The summed E-state index contributed by atoms with van der Waals surface area (Å²) in [6, 6.07) is 8.39. The molecule has 0 N–H and O–H groups in total. The monoisotopic (exact) mass is 322 g/mol. The molecule has 3 nitrogen and oxygen atoms in total. The van der Waals surface area contributed by atoms with Gasteiger partial charge >= 0.3 is 0 Å². The summed E-state index contributed by atoms with van der Waals surface area (Å²) in [6.45, 7) is 2.78. The normalized spacial score (nSPS) is 13.1. The Kier molecular flexibility index (Phi) is 3.79. The maximum atomic E-state index is 12.7. The lowest BCUT2D eigenvalue weighted by Gasteiger charge is -2.19. The number of halogens is 2. The van der Waals surface area contributed by atoms with Crippen LogP contribution in [0.1, 0.15) is 21.5 Å². The highest BCUT2D eigenvalue weighted by atomic mass is 35.5. The van der Waals surface area contributed by atoms with E-state index in [1.54, 1.807) is 30.3 Å². The SMILES string of the molecule is Cc1cc(Cl)ccc1C(=O)c1cc2c(cc1Cl)OCCO2. The Bertz CT molecular complexity index is 726. The van der Waals surface area contributed by atoms with Gasteiger partial charge in [-0.3, -0.25) is 4.79 Å². The van der Waals surface area contributed by atoms with Gasteiger partial charge in [0.2, 0.25) is 0 Å². The van der Waals surface area contributed by atoms with Crippen LogP contribution in [0.15, 0.2) is 30.3 Å². The van der Waals surface area contributed by atoms with Crippen LogP contribution in [0.25, 0.3) is 0 Å². The van der Waals surface area contributed by atoms with Crippen molar-refractivity contribution < 1.29 is 14.3 Å². The van der Waals surface area contributed by atoms with Gasteiger partial charge in [0.25, 0.3) is 0 Å². The van der Waals surface area contributed by atoms with Crippen molar-refractivity contribution in [1.29, 1.82) is 0 Å². The van der Waals surface area contributed by atoms with Gasteiger partial charge in [-0.2, -0.15) is 0 Å². The standard InChI is InChI=1S/C16H12Cl2O3/c1-9-6-10(17)2-3-11(9)16(19)12-7-14-15(8-13(12)18)21-5-4-20-14/h2-3,6-8H,4-5H2,1H3. The van der Waals surface area contributed by atoms with Crippen LogP contribution < -0.4 is 9.47 Å². The summed E-state index contributed by atoms with van der Waals surface area (Å²) in [5, 5.41) is 0.941. The summed E-state index contributed by atoms with van der Waals surface area (Å²) in [7, 11) is 0. The third-order valence-electron chi connectivity index (χ3n) is 3.31. The van der Waals surface area contributed by atoms with Crippen molar-refractivity contribution in [3.63, 3.8) is 0 Å². The van der Waals surface area contributed by atoms with Crippen LogP contribution in [0, 0.1) is 6.92 Å². The summed E-state index contributed by atoms with van der Waals surface area (Å²) in [5.74, 6) is 0.947. The van der Waals surface area contributed by atoms with E-state index in [4.69, 9.17) is 32.7 Å². The molecule has 0 atom stereocenters. The van der Waals surface area contributed by atoms with Crippen molar-refractivity contribution in [2.24, 2.45) is 0 Å². The summed E-state index contributed by atoms with van der Waals surface area (Å²) < 4.78 is 10.9. The average molecular weight is 323 g/mol. The Morgan fingerprint density at radius 2 is 1.67 bits per heavy atom. The van der Waals surface area contributed by atoms with Gasteiger partial charge in [-0.25, -0.2) is 0 Å². The summed E-state index contributed by atoms with van der Waals surface area (Å²) >= 11 is 12.1. The predicted molar refractivity (Wildman–Crippen MR) is 82.1 cm³/mol. The fourth-order valence-corrected chi connectivity index (χ4v) is 2.73. The third kappa shape index (κ3) is 2.71. The quantitative estimate of drug-likeness (QED) is 0.773. The molecular formula is C16H12Cl2O3. The molecule has 0 aliphatic carbocycles. The fraction of sp³-hybridized carbons (Fsp3) is 0.188. The average Bonchev–Trinajstić information content (AvgIpc) is 2.46. The van der Waals surface area contributed by atoms with Crippen LogP contribution >= 0.6 is 23.2 Å². The molecule has 0 radical (unpaired) electrons. The van der Waals surface area contributed by atoms with Crippen molar-refractivity contribution in [2.45, 2.75) is 6.92 Å². The van der Waals surface area contributed by atoms with Crippen LogP contribution in [0.5, 0.6) is 11.5 Å². The largest absolute Gasteiger partial charge is 0.486 e. The van der Waals surface area contributed by atoms with Gasteiger partial charge in [0, 0.05) is 22.2 Å². The number of carbonyl (C=O) groups excluding carboxylic acids is 1. The third-order valence-corrected chi connectivity index (χ3v) is 3.86. The number of fused-ring (bicyclic) bond motifs is 1. The number of benzene rings is 2. The number of rotatable bonds is 2. The first-order valence-corrected chi connectivity index (χ1v) is 7.22. The molecule has 108 valence electrons. The molecule has 3 rings (SSSR count). The lowest BCUT2D eigenvalue weighted by Crippen LogP contribution is -2.16. The van der Waals surface area contributed by atoms with Crippen molar-refractivity contribution in [1.82, 2.24) is 0 Å². The maximum absolute atomic E-state index is 12.7. The van der Waals surface area contributed by atoms with Gasteiger partial charge in [0.1, 0.15) is 13.2 Å². The van der Waals surface area contributed by atoms with Crippen LogP contribution in [-0.2, 0) is 0 Å². The summed E-state index contributed by atoms with van der Waals surface area (Å²) in [6.07, 6.45) is 0. The topological polar surface area (TPSA) is 35.5 Å². The van der Waals surface area contributed by atoms with Crippen LogP contribution in [0.4, 0.5) is 0 Å². The molecule has 1 aliphatic rings. The molecule has 21 heavy (non-hydrogen) atoms. The number of hydrogen-bond donors (Lipinski definition) is 0. The number of ketones is 1. The Hall–Kier alpha value is -1.71. The number of carbonyl (C=O) groups is 1. The van der Waals surface area contributed by atoms with E-state index in [0.29, 0.717) is 45.9 Å². The van der Waals surface area contributed by atoms with E-state index in [1.807, 2.05) is 6.92 Å². The van der Waals surface area contributed by atoms with Crippen LogP contribution in [0.2, 0.25) is 10.0 Å². The second kappa shape index (κ2) is 5.58. The molecule has 0 saturated carbocycles. The molecule has 0 bridgehead atoms. The zero-order valence-electron chi connectivity index (χ0n) is 11.3. The van der Waals surface area contributed by atoms with Crippen LogP contribution in [0.3, 0.4) is 0 Å². The molecule has 5 heteroatoms. The number of ether oxygens (including phenoxy) is 2. The molecule has 0 saturated heterocycles. The van der Waals surface area contributed by atoms with Gasteiger partial charge in [-0.05, 0) is 36.8 Å². The van der Waals surface area contributed by atoms with Crippen molar-refractivity contribution in [2.75, 3.05) is 13.2 Å². The van der Waals surface area contributed by atoms with Crippen LogP contribution in [-0.4, -0.2) is 19.0 Å². The van der Waals surface area contributed by atoms with E-state index in [2.05, 4.69) is 0 Å². The minimum atomic E-state index is -0.161. The molecule has 2 aromatic carbocycles. The van der Waals surface area contributed by atoms with Gasteiger partial charge in [0.15, 0.2) is 17.3 Å². The van der Waals surface area contributed by atoms with Gasteiger partial charge in [-0.15, -0.1) is 0 Å².